The van der Waals surface area contributed by atoms with Crippen molar-refractivity contribution >= 4 is 34.3 Å². The highest BCUT2D eigenvalue weighted by molar-refractivity contribution is 6.31. The lowest BCUT2D eigenvalue weighted by atomic mass is 10.1. The first kappa shape index (κ1) is 18.3. The summed E-state index contributed by atoms with van der Waals surface area (Å²) in [7, 11) is 0. The van der Waals surface area contributed by atoms with Crippen molar-refractivity contribution < 1.29 is 9.21 Å². The van der Waals surface area contributed by atoms with Crippen LogP contribution in [0.2, 0.25) is 5.02 Å². The fourth-order valence-corrected chi connectivity index (χ4v) is 3.51. The summed E-state index contributed by atoms with van der Waals surface area (Å²) in [6, 6.07) is 16.6. The van der Waals surface area contributed by atoms with E-state index in [-0.39, 0.29) is 5.91 Å². The maximum absolute atomic E-state index is 12.6. The van der Waals surface area contributed by atoms with Gasteiger partial charge in [0.05, 0.1) is 0 Å². The van der Waals surface area contributed by atoms with E-state index in [2.05, 4.69) is 16.4 Å². The maximum Gasteiger partial charge on any atom is 0.255 e. The number of carbonyl (C=O) groups excluding carboxylic acids is 1. The number of oxazole rings is 1. The number of halogens is 1. The topological polar surface area (TPSA) is 55.1 Å². The zero-order chi connectivity index (χ0) is 19.8. The first-order valence-electron chi connectivity index (χ1n) is 8.97. The molecule has 0 unspecified atom stereocenters. The van der Waals surface area contributed by atoms with Crippen LogP contribution in [0.5, 0.6) is 0 Å². The number of nitrogens with zero attached hydrogens (tertiary/aromatic N) is 1. The van der Waals surface area contributed by atoms with Gasteiger partial charge in [0.15, 0.2) is 5.58 Å². The fraction of sp³-hybridized carbons (Fsp3) is 0.130. The molecule has 140 valence electrons. The quantitative estimate of drug-likeness (QED) is 0.445. The van der Waals surface area contributed by atoms with Gasteiger partial charge in [-0.15, -0.1) is 0 Å². The minimum Gasteiger partial charge on any atom is -0.436 e. The number of nitrogens with one attached hydrogen (secondary N) is 1. The molecule has 0 saturated carbocycles. The molecule has 0 spiro atoms. The number of aromatic nitrogens is 1. The van der Waals surface area contributed by atoms with Gasteiger partial charge < -0.3 is 9.73 Å². The minimum atomic E-state index is -0.216. The number of hydrogen-bond acceptors (Lipinski definition) is 3. The van der Waals surface area contributed by atoms with Gasteiger partial charge in [-0.2, -0.15) is 0 Å². The Morgan fingerprint density at radius 2 is 1.82 bits per heavy atom. The summed E-state index contributed by atoms with van der Waals surface area (Å²) < 4.78 is 6.04. The van der Waals surface area contributed by atoms with E-state index < -0.39 is 0 Å². The molecule has 5 heteroatoms. The largest absolute Gasteiger partial charge is 0.436 e. The molecule has 4 aromatic rings. The van der Waals surface area contributed by atoms with Crippen LogP contribution in [0.1, 0.15) is 27.0 Å². The highest BCUT2D eigenvalue weighted by Crippen LogP contribution is 2.32. The van der Waals surface area contributed by atoms with Crippen molar-refractivity contribution in [2.24, 2.45) is 0 Å². The summed E-state index contributed by atoms with van der Waals surface area (Å²) in [5, 5.41) is 3.47. The Morgan fingerprint density at radius 3 is 2.61 bits per heavy atom. The highest BCUT2D eigenvalue weighted by Gasteiger charge is 2.16. The van der Waals surface area contributed by atoms with Gasteiger partial charge in [-0.25, -0.2) is 4.98 Å². The summed E-state index contributed by atoms with van der Waals surface area (Å²) >= 11 is 5.99. The third-order valence-corrected chi connectivity index (χ3v) is 4.95. The third kappa shape index (κ3) is 3.39. The second-order valence-electron chi connectivity index (χ2n) is 6.89. The molecule has 4 nitrogen and oxygen atoms in total. The van der Waals surface area contributed by atoms with Crippen LogP contribution < -0.4 is 5.32 Å². The normalized spacial score (nSPS) is 11.0. The number of aryl methyl sites for hydroxylation is 2. The van der Waals surface area contributed by atoms with E-state index in [4.69, 9.17) is 16.0 Å². The zero-order valence-electron chi connectivity index (χ0n) is 15.8. The molecule has 1 aromatic heterocycles. The van der Waals surface area contributed by atoms with Crippen LogP contribution in [0, 0.1) is 20.8 Å². The predicted molar refractivity (Wildman–Crippen MR) is 113 cm³/mol. The Balaban J connectivity index is 1.71. The van der Waals surface area contributed by atoms with E-state index in [0.29, 0.717) is 22.2 Å². The van der Waals surface area contributed by atoms with Crippen molar-refractivity contribution in [3.8, 4) is 11.5 Å². The number of fused-ring (bicyclic) bond motifs is 1. The minimum absolute atomic E-state index is 0.216. The number of anilines is 1. The van der Waals surface area contributed by atoms with Gasteiger partial charge in [-0.1, -0.05) is 29.8 Å². The molecule has 3 aromatic carbocycles. The first-order valence-corrected chi connectivity index (χ1v) is 9.35. The van der Waals surface area contributed by atoms with Crippen molar-refractivity contribution in [1.82, 2.24) is 4.98 Å². The summed E-state index contributed by atoms with van der Waals surface area (Å²) in [6.07, 6.45) is 0. The molecule has 0 aliphatic rings. The molecule has 0 radical (unpaired) electrons. The lowest BCUT2D eigenvalue weighted by Gasteiger charge is -2.11. The number of rotatable bonds is 3. The standard InChI is InChI=1S/C23H19ClN2O2/c1-13-10-14(2)21-20(11-13)26-23(28-21)18-8-5-9-19(15(18)3)25-22(27)16-6-4-7-17(24)12-16/h4-12H,1-3H3,(H,25,27). The van der Waals surface area contributed by atoms with E-state index in [0.717, 1.165) is 33.4 Å². The molecule has 1 heterocycles. The summed E-state index contributed by atoms with van der Waals surface area (Å²) in [5.41, 5.74) is 6.76. The van der Waals surface area contributed by atoms with Crippen molar-refractivity contribution in [1.29, 1.82) is 0 Å². The van der Waals surface area contributed by atoms with E-state index in [9.17, 15) is 4.79 Å². The van der Waals surface area contributed by atoms with Crippen LogP contribution >= 0.6 is 11.6 Å². The van der Waals surface area contributed by atoms with E-state index in [1.54, 1.807) is 24.3 Å². The van der Waals surface area contributed by atoms with Crippen molar-refractivity contribution in [3.05, 3.63) is 81.9 Å². The molecule has 0 bridgehead atoms. The Bertz CT molecular complexity index is 1210. The van der Waals surface area contributed by atoms with Crippen LogP contribution in [0.25, 0.3) is 22.6 Å². The third-order valence-electron chi connectivity index (χ3n) is 4.72. The van der Waals surface area contributed by atoms with Gasteiger partial charge in [0.1, 0.15) is 5.52 Å². The number of amides is 1. The lowest BCUT2D eigenvalue weighted by molar-refractivity contribution is 0.102. The van der Waals surface area contributed by atoms with Gasteiger partial charge in [0.2, 0.25) is 5.89 Å². The smallest absolute Gasteiger partial charge is 0.255 e. The fourth-order valence-electron chi connectivity index (χ4n) is 3.32. The molecule has 0 fully saturated rings. The van der Waals surface area contributed by atoms with Crippen LogP contribution in [0.4, 0.5) is 5.69 Å². The molecule has 1 N–H and O–H groups in total. The van der Waals surface area contributed by atoms with Crippen molar-refractivity contribution in [2.45, 2.75) is 20.8 Å². The second-order valence-corrected chi connectivity index (χ2v) is 7.33. The Labute approximate surface area is 168 Å². The van der Waals surface area contributed by atoms with Gasteiger partial charge in [-0.05, 0) is 73.9 Å². The molecule has 4 rings (SSSR count). The summed E-state index contributed by atoms with van der Waals surface area (Å²) in [6.45, 7) is 5.99. The molecule has 0 saturated heterocycles. The number of benzene rings is 3. The lowest BCUT2D eigenvalue weighted by Crippen LogP contribution is -2.12. The molecular formula is C23H19ClN2O2. The van der Waals surface area contributed by atoms with E-state index >= 15 is 0 Å². The van der Waals surface area contributed by atoms with Gasteiger partial charge >= 0.3 is 0 Å². The van der Waals surface area contributed by atoms with Crippen LogP contribution in [-0.4, -0.2) is 10.9 Å². The van der Waals surface area contributed by atoms with Crippen molar-refractivity contribution in [2.75, 3.05) is 5.32 Å². The average Bonchev–Trinajstić information content (AvgIpc) is 3.07. The van der Waals surface area contributed by atoms with Crippen LogP contribution in [-0.2, 0) is 0 Å². The van der Waals surface area contributed by atoms with E-state index in [1.807, 2.05) is 45.0 Å². The molecular weight excluding hydrogens is 372 g/mol. The average molecular weight is 391 g/mol. The molecule has 0 aliphatic carbocycles. The zero-order valence-corrected chi connectivity index (χ0v) is 16.6. The first-order chi connectivity index (χ1) is 13.4. The SMILES string of the molecule is Cc1cc(C)c2oc(-c3cccc(NC(=O)c4cccc(Cl)c4)c3C)nc2c1. The summed E-state index contributed by atoms with van der Waals surface area (Å²) in [4.78, 5) is 17.2. The summed E-state index contributed by atoms with van der Waals surface area (Å²) in [5.74, 6) is 0.326. The van der Waals surface area contributed by atoms with Crippen LogP contribution in [0.15, 0.2) is 59.0 Å². The Morgan fingerprint density at radius 1 is 1.04 bits per heavy atom. The van der Waals surface area contributed by atoms with Crippen molar-refractivity contribution in [3.63, 3.8) is 0 Å². The van der Waals surface area contributed by atoms with E-state index in [1.165, 1.54) is 0 Å². The highest BCUT2D eigenvalue weighted by atomic mass is 35.5. The van der Waals surface area contributed by atoms with Gasteiger partial charge in [0.25, 0.3) is 5.91 Å². The second kappa shape index (κ2) is 7.13. The number of hydrogen-bond donors (Lipinski definition) is 1. The molecule has 0 atom stereocenters. The van der Waals surface area contributed by atoms with Gasteiger partial charge in [0, 0.05) is 21.8 Å². The Kier molecular flexibility index (Phi) is 4.65. The Hall–Kier alpha value is -3.11. The maximum atomic E-state index is 12.6. The molecule has 1 amide bonds. The number of carbonyl (C=O) groups is 1. The van der Waals surface area contributed by atoms with Gasteiger partial charge in [-0.3, -0.25) is 4.79 Å². The monoisotopic (exact) mass is 390 g/mol. The predicted octanol–water partition coefficient (Wildman–Crippen LogP) is 6.33. The molecule has 28 heavy (non-hydrogen) atoms. The molecule has 0 aliphatic heterocycles. The van der Waals surface area contributed by atoms with Crippen LogP contribution in [0.3, 0.4) is 0 Å².